The van der Waals surface area contributed by atoms with Crippen LogP contribution in [0.4, 0.5) is 4.79 Å². The predicted molar refractivity (Wildman–Crippen MR) is 131 cm³/mol. The van der Waals surface area contributed by atoms with Gasteiger partial charge in [-0.05, 0) is 33.9 Å². The lowest BCUT2D eigenvalue weighted by molar-refractivity contribution is -0.141. The number of hydrogen-bond acceptors (Lipinski definition) is 6. The van der Waals surface area contributed by atoms with Crippen LogP contribution in [0, 0.1) is 0 Å². The number of benzene rings is 3. The van der Waals surface area contributed by atoms with Crippen LogP contribution in [-0.2, 0) is 20.7 Å². The summed E-state index contributed by atoms with van der Waals surface area (Å²) in [6.45, 7) is -0.370. The first-order chi connectivity index (χ1) is 17.4. The first-order valence-corrected chi connectivity index (χ1v) is 11.3. The van der Waals surface area contributed by atoms with E-state index in [0.717, 1.165) is 22.3 Å². The monoisotopic (exact) mass is 490 g/mol. The molecule has 9 heteroatoms. The molecule has 0 saturated carbocycles. The van der Waals surface area contributed by atoms with Crippen molar-refractivity contribution in [2.45, 2.75) is 18.4 Å². The number of methoxy groups -OCH3 is 1. The highest BCUT2D eigenvalue weighted by Gasteiger charge is 2.29. The Bertz CT molecular complexity index is 1250. The molecular weight excluding hydrogens is 464 g/mol. The van der Waals surface area contributed by atoms with Gasteiger partial charge in [0.1, 0.15) is 30.7 Å². The second-order valence-electron chi connectivity index (χ2n) is 8.34. The smallest absolute Gasteiger partial charge is 0.407 e. The van der Waals surface area contributed by atoms with Crippen molar-refractivity contribution in [3.8, 4) is 22.6 Å². The first kappa shape index (κ1) is 24.6. The van der Waals surface area contributed by atoms with Crippen LogP contribution in [0.1, 0.15) is 22.6 Å². The minimum Gasteiger partial charge on any atom is -0.508 e. The fourth-order valence-electron chi connectivity index (χ4n) is 4.31. The molecule has 186 valence electrons. The number of alkyl carbamates (subject to hydrolysis) is 1. The highest BCUT2D eigenvalue weighted by atomic mass is 16.5. The fraction of sp³-hybridized carbons (Fsp3) is 0.222. The van der Waals surface area contributed by atoms with E-state index in [1.54, 1.807) is 6.07 Å². The number of aromatic hydroxyl groups is 1. The summed E-state index contributed by atoms with van der Waals surface area (Å²) < 4.78 is 10.4. The zero-order valence-corrected chi connectivity index (χ0v) is 19.6. The number of nitrogens with one attached hydrogen (secondary N) is 2. The van der Waals surface area contributed by atoms with Gasteiger partial charge in [0.2, 0.25) is 5.91 Å². The van der Waals surface area contributed by atoms with Crippen LogP contribution in [0.5, 0.6) is 11.5 Å². The van der Waals surface area contributed by atoms with Crippen molar-refractivity contribution in [1.29, 1.82) is 0 Å². The molecule has 0 fully saturated rings. The number of aliphatic carboxylic acids is 1. The van der Waals surface area contributed by atoms with Crippen LogP contribution >= 0.6 is 0 Å². The van der Waals surface area contributed by atoms with Crippen molar-refractivity contribution in [3.05, 3.63) is 83.4 Å². The molecule has 3 aromatic carbocycles. The van der Waals surface area contributed by atoms with Gasteiger partial charge < -0.3 is 30.3 Å². The number of amides is 2. The number of fused-ring (bicyclic) bond motifs is 3. The van der Waals surface area contributed by atoms with Crippen LogP contribution < -0.4 is 15.4 Å². The lowest BCUT2D eigenvalue weighted by Gasteiger charge is -2.17. The summed E-state index contributed by atoms with van der Waals surface area (Å²) in [5.41, 5.74) is 4.66. The minimum absolute atomic E-state index is 0.0932. The molecule has 0 spiro atoms. The van der Waals surface area contributed by atoms with E-state index in [9.17, 15) is 24.6 Å². The summed E-state index contributed by atoms with van der Waals surface area (Å²) >= 11 is 0. The third kappa shape index (κ3) is 5.41. The molecule has 2 amide bonds. The summed E-state index contributed by atoms with van der Waals surface area (Å²) in [5.74, 6) is -1.83. The quantitative estimate of drug-likeness (QED) is 0.362. The molecule has 4 rings (SSSR count). The number of carboxylic acid groups (broad SMARTS) is 1. The van der Waals surface area contributed by atoms with Crippen molar-refractivity contribution < 1.29 is 34.1 Å². The normalized spacial score (nSPS) is 12.7. The molecule has 9 nitrogen and oxygen atoms in total. The number of phenolic OH excluding ortho intramolecular Hbond substituents is 1. The van der Waals surface area contributed by atoms with Crippen molar-refractivity contribution in [2.75, 3.05) is 20.3 Å². The molecular formula is C27H26N2O7. The Balaban J connectivity index is 1.30. The summed E-state index contributed by atoms with van der Waals surface area (Å²) in [7, 11) is 1.44. The van der Waals surface area contributed by atoms with Crippen LogP contribution in [0.3, 0.4) is 0 Å². The Morgan fingerprint density at radius 1 is 0.972 bits per heavy atom. The molecule has 0 unspecified atom stereocenters. The van der Waals surface area contributed by atoms with E-state index in [2.05, 4.69) is 10.6 Å². The van der Waals surface area contributed by atoms with E-state index in [4.69, 9.17) is 9.47 Å². The van der Waals surface area contributed by atoms with Crippen LogP contribution in [0.2, 0.25) is 0 Å². The van der Waals surface area contributed by atoms with E-state index < -0.39 is 30.6 Å². The highest BCUT2D eigenvalue weighted by molar-refractivity contribution is 5.87. The van der Waals surface area contributed by atoms with Gasteiger partial charge in [0.25, 0.3) is 0 Å². The summed E-state index contributed by atoms with van der Waals surface area (Å²) in [6, 6.07) is 19.0. The summed E-state index contributed by atoms with van der Waals surface area (Å²) in [4.78, 5) is 36.2. The lowest BCUT2D eigenvalue weighted by atomic mass is 9.98. The van der Waals surface area contributed by atoms with E-state index in [-0.39, 0.29) is 24.7 Å². The van der Waals surface area contributed by atoms with Crippen molar-refractivity contribution in [3.63, 3.8) is 0 Å². The number of phenols is 1. The number of carbonyl (C=O) groups is 3. The van der Waals surface area contributed by atoms with Gasteiger partial charge in [-0.1, -0.05) is 54.6 Å². The SMILES string of the molecule is COc1ccc(C[C@H](NC(=O)CNC(=O)OCC2c3ccccc3-c3ccccc32)C(=O)O)c(O)c1. The van der Waals surface area contributed by atoms with Crippen LogP contribution in [0.15, 0.2) is 66.7 Å². The van der Waals surface area contributed by atoms with Gasteiger partial charge in [-0.3, -0.25) is 4.79 Å². The summed E-state index contributed by atoms with van der Waals surface area (Å²) in [6.07, 6.45) is -0.936. The molecule has 0 aromatic heterocycles. The zero-order valence-electron chi connectivity index (χ0n) is 19.6. The minimum atomic E-state index is -1.30. The number of ether oxygens (including phenoxy) is 2. The van der Waals surface area contributed by atoms with E-state index in [0.29, 0.717) is 11.3 Å². The van der Waals surface area contributed by atoms with Gasteiger partial charge in [-0.25, -0.2) is 9.59 Å². The zero-order chi connectivity index (χ0) is 25.7. The average molecular weight is 491 g/mol. The molecule has 1 atom stereocenters. The molecule has 4 N–H and O–H groups in total. The molecule has 0 radical (unpaired) electrons. The Morgan fingerprint density at radius 2 is 1.61 bits per heavy atom. The third-order valence-electron chi connectivity index (χ3n) is 6.09. The van der Waals surface area contributed by atoms with Gasteiger partial charge in [0, 0.05) is 18.4 Å². The summed E-state index contributed by atoms with van der Waals surface area (Å²) in [5, 5.41) is 24.3. The highest BCUT2D eigenvalue weighted by Crippen LogP contribution is 2.44. The molecule has 1 aliphatic rings. The Labute approximate surface area is 207 Å². The predicted octanol–water partition coefficient (Wildman–Crippen LogP) is 3.05. The van der Waals surface area contributed by atoms with Gasteiger partial charge in [-0.15, -0.1) is 0 Å². The maximum absolute atomic E-state index is 12.3. The van der Waals surface area contributed by atoms with Gasteiger partial charge in [0.05, 0.1) is 7.11 Å². The molecule has 0 bridgehead atoms. The maximum atomic E-state index is 12.3. The fourth-order valence-corrected chi connectivity index (χ4v) is 4.31. The van der Waals surface area contributed by atoms with E-state index >= 15 is 0 Å². The Morgan fingerprint density at radius 3 is 2.19 bits per heavy atom. The number of carbonyl (C=O) groups excluding carboxylic acids is 2. The van der Waals surface area contributed by atoms with Crippen LogP contribution in [-0.4, -0.2) is 54.5 Å². The molecule has 3 aromatic rings. The molecule has 0 aliphatic heterocycles. The largest absolute Gasteiger partial charge is 0.508 e. The molecule has 0 saturated heterocycles. The molecule has 1 aliphatic carbocycles. The van der Waals surface area contributed by atoms with E-state index in [1.165, 1.54) is 19.2 Å². The first-order valence-electron chi connectivity index (χ1n) is 11.3. The van der Waals surface area contributed by atoms with Crippen molar-refractivity contribution >= 4 is 18.0 Å². The third-order valence-corrected chi connectivity index (χ3v) is 6.09. The maximum Gasteiger partial charge on any atom is 0.407 e. The molecule has 0 heterocycles. The second kappa shape index (κ2) is 10.8. The topological polar surface area (TPSA) is 134 Å². The van der Waals surface area contributed by atoms with Crippen LogP contribution in [0.25, 0.3) is 11.1 Å². The molecule has 36 heavy (non-hydrogen) atoms. The Kier molecular flexibility index (Phi) is 7.39. The number of rotatable bonds is 9. The lowest BCUT2D eigenvalue weighted by Crippen LogP contribution is -2.46. The van der Waals surface area contributed by atoms with E-state index in [1.807, 2.05) is 48.5 Å². The van der Waals surface area contributed by atoms with Gasteiger partial charge >= 0.3 is 12.1 Å². The van der Waals surface area contributed by atoms with Gasteiger partial charge in [-0.2, -0.15) is 0 Å². The average Bonchev–Trinajstić information content (AvgIpc) is 3.20. The number of hydrogen-bond donors (Lipinski definition) is 4. The second-order valence-corrected chi connectivity index (χ2v) is 8.34. The number of carboxylic acids is 1. The van der Waals surface area contributed by atoms with Gasteiger partial charge in [0.15, 0.2) is 0 Å². The Hall–Kier alpha value is -4.53. The standard InChI is InChI=1S/C27H26N2O7/c1-35-17-11-10-16(24(30)13-17)12-23(26(32)33)29-25(31)14-28-27(34)36-15-22-20-8-4-2-6-18(20)19-7-3-5-9-21(19)22/h2-11,13,22-23,30H,12,14-15H2,1H3,(H,28,34)(H,29,31)(H,32,33)/t23-/m0/s1. The van der Waals surface area contributed by atoms with Crippen molar-refractivity contribution in [1.82, 2.24) is 10.6 Å². The van der Waals surface area contributed by atoms with Crippen molar-refractivity contribution in [2.24, 2.45) is 0 Å².